The van der Waals surface area contributed by atoms with Gasteiger partial charge >= 0.3 is 0 Å². The molecule has 2 heterocycles. The second-order valence-electron chi connectivity index (χ2n) is 24.0. The lowest BCUT2D eigenvalue weighted by Gasteiger charge is -2.36. The van der Waals surface area contributed by atoms with Gasteiger partial charge < -0.3 is 18.6 Å². The van der Waals surface area contributed by atoms with Crippen LogP contribution in [0.2, 0.25) is 0 Å². The van der Waals surface area contributed by atoms with Crippen LogP contribution in [0, 0.1) is 6.92 Å². The van der Waals surface area contributed by atoms with Gasteiger partial charge in [-0.2, -0.15) is 0 Å². The smallest absolute Gasteiger partial charge is 0.179 e. The van der Waals surface area contributed by atoms with Gasteiger partial charge in [-0.05, 0) is 138 Å². The van der Waals surface area contributed by atoms with Gasteiger partial charge in [0.1, 0.15) is 11.2 Å². The molecule has 4 nitrogen and oxygen atoms in total. The van der Waals surface area contributed by atoms with E-state index in [0.29, 0.717) is 0 Å². The van der Waals surface area contributed by atoms with E-state index in [9.17, 15) is 0 Å². The molecule has 0 spiro atoms. The van der Waals surface area contributed by atoms with Gasteiger partial charge in [-0.3, -0.25) is 0 Å². The third-order valence-corrected chi connectivity index (χ3v) is 23.5. The summed E-state index contributed by atoms with van der Waals surface area (Å²) < 4.78 is 14.3. The third kappa shape index (κ3) is 7.69. The van der Waals surface area contributed by atoms with Crippen LogP contribution >= 0.6 is 0 Å². The number of para-hydroxylation sites is 2. The minimum absolute atomic E-state index is 0.470. The fourth-order valence-electron chi connectivity index (χ4n) is 14.9. The maximum atomic E-state index is 7.29. The number of hydrogen-bond donors (Lipinski definition) is 0. The number of nitrogens with zero attached hydrogens (tertiary/aromatic N) is 2. The summed E-state index contributed by atoms with van der Waals surface area (Å²) in [6, 6.07) is 110. The summed E-state index contributed by atoms with van der Waals surface area (Å²) in [7, 11) is -3.10. The van der Waals surface area contributed by atoms with Crippen LogP contribution in [0.15, 0.2) is 306 Å². The van der Waals surface area contributed by atoms with Crippen molar-refractivity contribution in [1.82, 2.24) is 0 Å². The van der Waals surface area contributed by atoms with Crippen molar-refractivity contribution in [1.29, 1.82) is 0 Å². The zero-order chi connectivity index (χ0) is 58.0. The Morgan fingerprint density at radius 2 is 0.770 bits per heavy atom. The lowest BCUT2D eigenvalue weighted by molar-refractivity contribution is 0.660. The Morgan fingerprint density at radius 3 is 1.34 bits per heavy atom. The molecule has 0 aliphatic heterocycles. The van der Waals surface area contributed by atoms with E-state index in [1.165, 1.54) is 53.8 Å². The van der Waals surface area contributed by atoms with Gasteiger partial charge in [0, 0.05) is 48.8 Å². The Hall–Kier alpha value is -10.7. The van der Waals surface area contributed by atoms with E-state index < -0.39 is 13.5 Å². The molecule has 17 rings (SSSR count). The Labute approximate surface area is 506 Å². The molecule has 0 bridgehead atoms. The van der Waals surface area contributed by atoms with Crippen LogP contribution in [0.4, 0.5) is 34.1 Å². The standard InChI is InChI=1S/C82H58N2O2Si/c1-53-47-68-64-38-19-21-43-77(64)85-80(68)75(48-53)84(73-42-24-28-55-26-14-16-36-62(55)73)74-52-71-79(66-40-18-17-37-63(66)74)67-46-45-56(49-70(67)82(71,2)3)83(72-41-23-27-54-25-13-15-35-61(54)72)76-51-60(50-69-65-39-20-22-44-78(65)86-81(69)76)87(57-29-7-4-8-30-57,58-31-9-5-10-32-58)59-33-11-6-12-34-59/h4-52H,1-3H3. The summed E-state index contributed by atoms with van der Waals surface area (Å²) in [6.45, 7) is 7.05. The molecular formula is C82H58N2O2Si. The number of aryl methyl sites for hydroxylation is 1. The molecule has 2 aromatic heterocycles. The van der Waals surface area contributed by atoms with E-state index in [-0.39, 0.29) is 0 Å². The predicted octanol–water partition coefficient (Wildman–Crippen LogP) is 19.9. The van der Waals surface area contributed by atoms with Crippen LogP contribution in [-0.4, -0.2) is 8.07 Å². The average molecular weight is 1130 g/mol. The van der Waals surface area contributed by atoms with Crippen LogP contribution < -0.4 is 30.5 Å². The van der Waals surface area contributed by atoms with Crippen LogP contribution in [0.1, 0.15) is 30.5 Å². The average Bonchev–Trinajstić information content (AvgIpc) is 1.70. The van der Waals surface area contributed by atoms with Gasteiger partial charge in [0.2, 0.25) is 0 Å². The first kappa shape index (κ1) is 50.8. The largest absolute Gasteiger partial charge is 0.454 e. The third-order valence-electron chi connectivity index (χ3n) is 18.8. The highest BCUT2D eigenvalue weighted by atomic mass is 28.3. The Balaban J connectivity index is 0.934. The second kappa shape index (κ2) is 19.7. The molecule has 0 saturated carbocycles. The highest BCUT2D eigenvalue weighted by Crippen LogP contribution is 2.57. The first-order chi connectivity index (χ1) is 42.8. The molecule has 87 heavy (non-hydrogen) atoms. The maximum Gasteiger partial charge on any atom is 0.179 e. The molecule has 1 aliphatic carbocycles. The highest BCUT2D eigenvalue weighted by molar-refractivity contribution is 7.20. The van der Waals surface area contributed by atoms with Gasteiger partial charge in [0.15, 0.2) is 19.2 Å². The van der Waals surface area contributed by atoms with E-state index >= 15 is 0 Å². The Bertz CT molecular complexity index is 5310. The number of fused-ring (bicyclic) bond motifs is 13. The molecule has 5 heteroatoms. The molecule has 0 saturated heterocycles. The SMILES string of the molecule is Cc1cc(N(c2cccc3ccccc23)c2cc3c(c4ccccc24)-c2ccc(N(c4cccc5ccccc45)c4cc([Si](c5ccccc5)(c5ccccc5)c5ccccc5)cc5c4oc4ccccc45)cc2C3(C)C)c2oc3ccccc3c2c1. The first-order valence-corrected chi connectivity index (χ1v) is 32.1. The van der Waals surface area contributed by atoms with Crippen molar-refractivity contribution >= 4 is 139 Å². The van der Waals surface area contributed by atoms with E-state index in [0.717, 1.165) is 105 Å². The van der Waals surface area contributed by atoms with E-state index in [1.807, 2.05) is 0 Å². The zero-order valence-corrected chi connectivity index (χ0v) is 49.5. The molecule has 0 radical (unpaired) electrons. The molecule has 0 atom stereocenters. The molecule has 16 aromatic rings. The highest BCUT2D eigenvalue weighted by Gasteiger charge is 2.44. The zero-order valence-electron chi connectivity index (χ0n) is 48.5. The van der Waals surface area contributed by atoms with Crippen LogP contribution in [0.5, 0.6) is 0 Å². The van der Waals surface area contributed by atoms with Crippen molar-refractivity contribution < 1.29 is 8.83 Å². The summed E-state index contributed by atoms with van der Waals surface area (Å²) >= 11 is 0. The first-order valence-electron chi connectivity index (χ1n) is 30.1. The summed E-state index contributed by atoms with van der Waals surface area (Å²) in [5.41, 5.74) is 15.4. The van der Waals surface area contributed by atoms with Gasteiger partial charge in [-0.25, -0.2) is 0 Å². The molecule has 412 valence electrons. The monoisotopic (exact) mass is 1130 g/mol. The number of rotatable bonds is 10. The molecule has 0 N–H and O–H groups in total. The number of anilines is 6. The van der Waals surface area contributed by atoms with E-state index in [1.54, 1.807) is 0 Å². The van der Waals surface area contributed by atoms with Crippen molar-refractivity contribution in [3.63, 3.8) is 0 Å². The van der Waals surface area contributed by atoms with Crippen LogP contribution in [-0.2, 0) is 5.41 Å². The lowest BCUT2D eigenvalue weighted by Crippen LogP contribution is -2.74. The van der Waals surface area contributed by atoms with Gasteiger partial charge in [-0.1, -0.05) is 244 Å². The quantitative estimate of drug-likeness (QED) is 0.101. The molecular weight excluding hydrogens is 1070 g/mol. The van der Waals surface area contributed by atoms with Crippen LogP contribution in [0.25, 0.3) is 87.3 Å². The van der Waals surface area contributed by atoms with Crippen LogP contribution in [0.3, 0.4) is 0 Å². The number of furan rings is 2. The summed E-state index contributed by atoms with van der Waals surface area (Å²) in [4.78, 5) is 5.00. The summed E-state index contributed by atoms with van der Waals surface area (Å²) in [5.74, 6) is 0. The minimum atomic E-state index is -3.10. The molecule has 0 fully saturated rings. The summed E-state index contributed by atoms with van der Waals surface area (Å²) in [6.07, 6.45) is 0. The van der Waals surface area contributed by atoms with Crippen molar-refractivity contribution in [2.24, 2.45) is 0 Å². The Morgan fingerprint density at radius 1 is 0.310 bits per heavy atom. The number of hydrogen-bond acceptors (Lipinski definition) is 4. The van der Waals surface area contributed by atoms with Crippen molar-refractivity contribution in [3.8, 4) is 11.1 Å². The second-order valence-corrected chi connectivity index (χ2v) is 27.8. The lowest BCUT2D eigenvalue weighted by atomic mass is 9.81. The van der Waals surface area contributed by atoms with E-state index in [2.05, 4.69) is 328 Å². The van der Waals surface area contributed by atoms with Gasteiger partial charge in [0.05, 0.1) is 28.4 Å². The fourth-order valence-corrected chi connectivity index (χ4v) is 19.6. The Kier molecular flexibility index (Phi) is 11.5. The number of benzene rings is 14. The molecule has 0 unspecified atom stereocenters. The normalized spacial score (nSPS) is 12.9. The molecule has 0 amide bonds. The van der Waals surface area contributed by atoms with Gasteiger partial charge in [-0.15, -0.1) is 0 Å². The van der Waals surface area contributed by atoms with Crippen molar-refractivity contribution in [3.05, 3.63) is 314 Å². The summed E-state index contributed by atoms with van der Waals surface area (Å²) in [5, 5.41) is 16.6. The van der Waals surface area contributed by atoms with Crippen molar-refractivity contribution in [2.45, 2.75) is 26.2 Å². The maximum absolute atomic E-state index is 7.29. The van der Waals surface area contributed by atoms with E-state index in [4.69, 9.17) is 8.83 Å². The predicted molar refractivity (Wildman–Crippen MR) is 369 cm³/mol. The molecule has 14 aromatic carbocycles. The molecule has 1 aliphatic rings. The topological polar surface area (TPSA) is 32.8 Å². The minimum Gasteiger partial charge on any atom is -0.454 e. The fraction of sp³-hybridized carbons (Fsp3) is 0.0488. The van der Waals surface area contributed by atoms with Gasteiger partial charge in [0.25, 0.3) is 0 Å². The van der Waals surface area contributed by atoms with Crippen molar-refractivity contribution in [2.75, 3.05) is 9.80 Å².